The highest BCUT2D eigenvalue weighted by Crippen LogP contribution is 2.33. The predicted octanol–water partition coefficient (Wildman–Crippen LogP) is 3.18. The summed E-state index contributed by atoms with van der Waals surface area (Å²) in [7, 11) is -1.93. The van der Waals surface area contributed by atoms with Crippen LogP contribution in [0.3, 0.4) is 0 Å². The van der Waals surface area contributed by atoms with Crippen LogP contribution in [0.2, 0.25) is 0 Å². The molecule has 0 aliphatic carbocycles. The summed E-state index contributed by atoms with van der Waals surface area (Å²) in [5.74, 6) is 1.36. The van der Waals surface area contributed by atoms with Crippen LogP contribution in [0.5, 0.6) is 5.75 Å². The number of hydrogen-bond donors (Lipinski definition) is 2. The lowest BCUT2D eigenvalue weighted by molar-refractivity contribution is 0.417. The SMILES string of the molecule is CCc1nc(-c2cc(C)c3cc(OC)c(NS(C)(=O)=O)cc3n2)c(C)[nH]1. The molecule has 2 N–H and O–H groups in total. The molecule has 3 aromatic rings. The molecule has 0 unspecified atom stereocenters. The molecule has 0 saturated heterocycles. The normalized spacial score (nSPS) is 11.7. The standard InChI is InChI=1S/C18H22N4O3S/c1-6-17-19-11(3)18(21-17)15-7-10(2)12-8-16(25-4)14(9-13(12)20-15)22-26(5,23)24/h7-9,22H,6H2,1-5H3,(H,19,21). The van der Waals surface area contributed by atoms with E-state index in [1.54, 1.807) is 12.1 Å². The van der Waals surface area contributed by atoms with E-state index in [2.05, 4.69) is 14.7 Å². The van der Waals surface area contributed by atoms with Crippen LogP contribution in [0, 0.1) is 13.8 Å². The minimum Gasteiger partial charge on any atom is -0.495 e. The van der Waals surface area contributed by atoms with Crippen LogP contribution >= 0.6 is 0 Å². The Bertz CT molecular complexity index is 1090. The first-order valence-electron chi connectivity index (χ1n) is 8.25. The molecule has 0 amide bonds. The molecular weight excluding hydrogens is 352 g/mol. The minimum atomic E-state index is -3.43. The van der Waals surface area contributed by atoms with Crippen LogP contribution in [-0.4, -0.2) is 36.7 Å². The van der Waals surface area contributed by atoms with Crippen LogP contribution in [0.4, 0.5) is 5.69 Å². The number of H-pyrrole nitrogens is 1. The molecular formula is C18H22N4O3S. The number of aromatic nitrogens is 3. The first-order chi connectivity index (χ1) is 12.2. The fraction of sp³-hybridized carbons (Fsp3) is 0.333. The van der Waals surface area contributed by atoms with Gasteiger partial charge in [0.05, 0.1) is 30.3 Å². The zero-order valence-electron chi connectivity index (χ0n) is 15.5. The number of sulfonamides is 1. The van der Waals surface area contributed by atoms with Crippen LogP contribution in [-0.2, 0) is 16.4 Å². The fourth-order valence-electron chi connectivity index (χ4n) is 2.93. The maximum atomic E-state index is 11.6. The first-order valence-corrected chi connectivity index (χ1v) is 10.1. The number of rotatable bonds is 5. The second kappa shape index (κ2) is 6.60. The Morgan fingerprint density at radius 1 is 1.19 bits per heavy atom. The molecule has 2 heterocycles. The van der Waals surface area contributed by atoms with E-state index in [-0.39, 0.29) is 0 Å². The molecule has 1 aromatic carbocycles. The lowest BCUT2D eigenvalue weighted by Crippen LogP contribution is -2.10. The lowest BCUT2D eigenvalue weighted by Gasteiger charge is -2.13. The number of pyridine rings is 1. The second-order valence-corrected chi connectivity index (χ2v) is 8.03. The van der Waals surface area contributed by atoms with Crippen molar-refractivity contribution in [3.8, 4) is 17.1 Å². The highest BCUT2D eigenvalue weighted by Gasteiger charge is 2.15. The molecule has 0 fully saturated rings. The molecule has 0 bridgehead atoms. The van der Waals surface area contributed by atoms with E-state index in [0.717, 1.165) is 46.5 Å². The minimum absolute atomic E-state index is 0.361. The number of aromatic amines is 1. The van der Waals surface area contributed by atoms with Gasteiger partial charge in [0.2, 0.25) is 10.0 Å². The summed E-state index contributed by atoms with van der Waals surface area (Å²) in [5, 5.41) is 0.897. The topological polar surface area (TPSA) is 97.0 Å². The van der Waals surface area contributed by atoms with Gasteiger partial charge in [-0.2, -0.15) is 0 Å². The van der Waals surface area contributed by atoms with Gasteiger partial charge in [0.25, 0.3) is 0 Å². The van der Waals surface area contributed by atoms with Gasteiger partial charge in [0.15, 0.2) is 0 Å². The average Bonchev–Trinajstić information content (AvgIpc) is 2.93. The van der Waals surface area contributed by atoms with E-state index in [1.807, 2.05) is 26.8 Å². The Morgan fingerprint density at radius 2 is 1.92 bits per heavy atom. The number of aryl methyl sites for hydroxylation is 3. The average molecular weight is 374 g/mol. The third kappa shape index (κ3) is 3.50. The van der Waals surface area contributed by atoms with Gasteiger partial charge in [-0.1, -0.05) is 6.92 Å². The highest BCUT2D eigenvalue weighted by atomic mass is 32.2. The van der Waals surface area contributed by atoms with Gasteiger partial charge < -0.3 is 9.72 Å². The fourth-order valence-corrected chi connectivity index (χ4v) is 3.49. The van der Waals surface area contributed by atoms with Crippen molar-refractivity contribution in [3.63, 3.8) is 0 Å². The van der Waals surface area contributed by atoms with Crippen LogP contribution in [0.25, 0.3) is 22.3 Å². The summed E-state index contributed by atoms with van der Waals surface area (Å²) in [4.78, 5) is 12.6. The van der Waals surface area contributed by atoms with Crippen LogP contribution in [0.15, 0.2) is 18.2 Å². The molecule has 8 heteroatoms. The van der Waals surface area contributed by atoms with Crippen molar-refractivity contribution < 1.29 is 13.2 Å². The largest absolute Gasteiger partial charge is 0.495 e. The molecule has 0 spiro atoms. The zero-order chi connectivity index (χ0) is 19.1. The number of fused-ring (bicyclic) bond motifs is 1. The van der Waals surface area contributed by atoms with Crippen LogP contribution in [0.1, 0.15) is 24.0 Å². The summed E-state index contributed by atoms with van der Waals surface area (Å²) < 4.78 is 31.1. The van der Waals surface area contributed by atoms with E-state index in [0.29, 0.717) is 17.0 Å². The quantitative estimate of drug-likeness (QED) is 0.715. The third-order valence-electron chi connectivity index (χ3n) is 4.14. The van der Waals surface area contributed by atoms with Crippen molar-refractivity contribution in [2.24, 2.45) is 0 Å². The van der Waals surface area contributed by atoms with Crippen molar-refractivity contribution >= 4 is 26.6 Å². The Labute approximate surface area is 152 Å². The van der Waals surface area contributed by atoms with Gasteiger partial charge in [-0.05, 0) is 37.6 Å². The van der Waals surface area contributed by atoms with Crippen molar-refractivity contribution in [2.45, 2.75) is 27.2 Å². The van der Waals surface area contributed by atoms with E-state index < -0.39 is 10.0 Å². The van der Waals surface area contributed by atoms with Crippen LogP contribution < -0.4 is 9.46 Å². The lowest BCUT2D eigenvalue weighted by atomic mass is 10.1. The van der Waals surface area contributed by atoms with Gasteiger partial charge in [0, 0.05) is 17.5 Å². The van der Waals surface area contributed by atoms with Crippen molar-refractivity contribution in [1.82, 2.24) is 15.0 Å². The number of imidazole rings is 1. The molecule has 0 aliphatic heterocycles. The van der Waals surface area contributed by atoms with E-state index >= 15 is 0 Å². The van der Waals surface area contributed by atoms with E-state index in [9.17, 15) is 8.42 Å². The maximum Gasteiger partial charge on any atom is 0.229 e. The molecule has 26 heavy (non-hydrogen) atoms. The molecule has 2 aromatic heterocycles. The molecule has 138 valence electrons. The number of ether oxygens (including phenoxy) is 1. The molecule has 0 atom stereocenters. The number of benzene rings is 1. The van der Waals surface area contributed by atoms with Gasteiger partial charge in [-0.3, -0.25) is 4.72 Å². The van der Waals surface area contributed by atoms with Crippen molar-refractivity contribution in [3.05, 3.63) is 35.3 Å². The zero-order valence-corrected chi connectivity index (χ0v) is 16.3. The molecule has 0 radical (unpaired) electrons. The molecule has 0 aliphatic rings. The number of hydrogen-bond acceptors (Lipinski definition) is 5. The number of nitrogens with one attached hydrogen (secondary N) is 2. The van der Waals surface area contributed by atoms with Gasteiger partial charge >= 0.3 is 0 Å². The van der Waals surface area contributed by atoms with Gasteiger partial charge in [-0.25, -0.2) is 18.4 Å². The van der Waals surface area contributed by atoms with Crippen molar-refractivity contribution in [1.29, 1.82) is 0 Å². The van der Waals surface area contributed by atoms with Crippen molar-refractivity contribution in [2.75, 3.05) is 18.1 Å². The number of anilines is 1. The molecule has 0 saturated carbocycles. The number of methoxy groups -OCH3 is 1. The summed E-state index contributed by atoms with van der Waals surface area (Å²) in [5.41, 5.74) is 4.55. The summed E-state index contributed by atoms with van der Waals surface area (Å²) >= 11 is 0. The summed E-state index contributed by atoms with van der Waals surface area (Å²) in [6.45, 7) is 5.99. The summed E-state index contributed by atoms with van der Waals surface area (Å²) in [6.07, 6.45) is 1.91. The Morgan fingerprint density at radius 3 is 2.50 bits per heavy atom. The third-order valence-corrected chi connectivity index (χ3v) is 4.73. The van der Waals surface area contributed by atoms with E-state index in [1.165, 1.54) is 7.11 Å². The smallest absolute Gasteiger partial charge is 0.229 e. The van der Waals surface area contributed by atoms with E-state index in [4.69, 9.17) is 9.72 Å². The predicted molar refractivity (Wildman–Crippen MR) is 103 cm³/mol. The molecule has 7 nitrogen and oxygen atoms in total. The van der Waals surface area contributed by atoms with Gasteiger partial charge in [-0.15, -0.1) is 0 Å². The molecule has 3 rings (SSSR count). The Hall–Kier alpha value is -2.61. The Balaban J connectivity index is 2.21. The Kier molecular flexibility index (Phi) is 4.62. The van der Waals surface area contributed by atoms with Gasteiger partial charge in [0.1, 0.15) is 17.3 Å². The summed E-state index contributed by atoms with van der Waals surface area (Å²) in [6, 6.07) is 5.46. The number of nitrogens with zero attached hydrogens (tertiary/aromatic N) is 2. The monoisotopic (exact) mass is 374 g/mol. The first kappa shape index (κ1) is 18.2. The second-order valence-electron chi connectivity index (χ2n) is 6.28. The highest BCUT2D eigenvalue weighted by molar-refractivity contribution is 7.92. The maximum absolute atomic E-state index is 11.6.